The zero-order valence-electron chi connectivity index (χ0n) is 6.13. The highest BCUT2D eigenvalue weighted by Crippen LogP contribution is 1.93. The maximum Gasteiger partial charge on any atom is 0.206 e. The van der Waals surface area contributed by atoms with Crippen molar-refractivity contribution in [1.29, 1.82) is 0 Å². The zero-order valence-corrected chi connectivity index (χ0v) is 6.13. The molecule has 0 amide bonds. The third-order valence-electron chi connectivity index (χ3n) is 1.04. The number of carbonyl (C=O) groups is 2. The van der Waals surface area contributed by atoms with Crippen LogP contribution >= 0.6 is 0 Å². The van der Waals surface area contributed by atoms with Gasteiger partial charge in [-0.05, 0) is 0 Å². The summed E-state index contributed by atoms with van der Waals surface area (Å²) in [5, 5.41) is 0. The van der Waals surface area contributed by atoms with Crippen LogP contribution in [0.5, 0.6) is 0 Å². The first-order chi connectivity index (χ1) is 5.20. The molecule has 0 aromatic rings. The van der Waals surface area contributed by atoms with E-state index in [1.807, 2.05) is 0 Å². The maximum absolute atomic E-state index is 10.7. The van der Waals surface area contributed by atoms with Crippen molar-refractivity contribution in [1.82, 2.24) is 0 Å². The van der Waals surface area contributed by atoms with Gasteiger partial charge in [-0.25, -0.2) is 0 Å². The van der Waals surface area contributed by atoms with Crippen LogP contribution in [0.2, 0.25) is 0 Å². The van der Waals surface area contributed by atoms with Gasteiger partial charge in [0.1, 0.15) is 11.6 Å². The minimum Gasteiger partial charge on any atom is -0.299 e. The summed E-state index contributed by atoms with van der Waals surface area (Å²) in [4.78, 5) is 31.0. The molecule has 0 aliphatic heterocycles. The van der Waals surface area contributed by atoms with E-state index in [0.29, 0.717) is 0 Å². The Labute approximate surface area is 65.1 Å². The molecule has 11 heavy (non-hydrogen) atoms. The van der Waals surface area contributed by atoms with E-state index in [2.05, 4.69) is 6.58 Å². The van der Waals surface area contributed by atoms with Crippen LogP contribution in [0.25, 0.3) is 0 Å². The fourth-order valence-corrected chi connectivity index (χ4v) is 0.596. The molecule has 0 N–H and O–H groups in total. The summed E-state index contributed by atoms with van der Waals surface area (Å²) in [7, 11) is 0. The molecule has 0 aromatic carbocycles. The van der Waals surface area contributed by atoms with Crippen LogP contribution in [-0.2, 0) is 14.4 Å². The van der Waals surface area contributed by atoms with Gasteiger partial charge in [-0.3, -0.25) is 14.4 Å². The molecule has 0 spiro atoms. The van der Waals surface area contributed by atoms with E-state index in [4.69, 9.17) is 0 Å². The molecule has 3 heteroatoms. The van der Waals surface area contributed by atoms with Crippen molar-refractivity contribution in [3.8, 4) is 0 Å². The van der Waals surface area contributed by atoms with Crippen molar-refractivity contribution in [2.45, 2.75) is 19.3 Å². The van der Waals surface area contributed by atoms with Crippen molar-refractivity contribution in [2.24, 2.45) is 0 Å². The lowest BCUT2D eigenvalue weighted by Crippen LogP contribution is -2.06. The average Bonchev–Trinajstić information content (AvgIpc) is 1.87. The Morgan fingerprint density at radius 1 is 1.36 bits per heavy atom. The van der Waals surface area contributed by atoms with Crippen LogP contribution in [0.15, 0.2) is 12.7 Å². The SMILES string of the molecule is C=CCC(=O)CC(=O)C[C]=O. The molecule has 0 saturated heterocycles. The van der Waals surface area contributed by atoms with Crippen molar-refractivity contribution in [3.63, 3.8) is 0 Å². The summed E-state index contributed by atoms with van der Waals surface area (Å²) in [5.74, 6) is -0.591. The number of allylic oxidation sites excluding steroid dienone is 1. The molecule has 0 atom stereocenters. The van der Waals surface area contributed by atoms with Gasteiger partial charge in [-0.2, -0.15) is 0 Å². The highest BCUT2D eigenvalue weighted by Gasteiger charge is 2.06. The number of rotatable bonds is 6. The first-order valence-electron chi connectivity index (χ1n) is 3.20. The van der Waals surface area contributed by atoms with Crippen LogP contribution in [0.1, 0.15) is 19.3 Å². The molecular weight excluding hydrogens is 144 g/mol. The van der Waals surface area contributed by atoms with Crippen LogP contribution in [0.4, 0.5) is 0 Å². The summed E-state index contributed by atoms with van der Waals surface area (Å²) in [6.07, 6.45) is 2.59. The summed E-state index contributed by atoms with van der Waals surface area (Å²) in [6, 6.07) is 0. The van der Waals surface area contributed by atoms with Gasteiger partial charge in [-0.1, -0.05) is 6.08 Å². The van der Waals surface area contributed by atoms with E-state index >= 15 is 0 Å². The third-order valence-corrected chi connectivity index (χ3v) is 1.04. The third kappa shape index (κ3) is 5.21. The predicted octanol–water partition coefficient (Wildman–Crippen LogP) is 0.591. The molecule has 0 unspecified atom stereocenters. The Bertz CT molecular complexity index is 162. The highest BCUT2D eigenvalue weighted by atomic mass is 16.2. The van der Waals surface area contributed by atoms with Crippen LogP contribution < -0.4 is 0 Å². The molecule has 1 radical (unpaired) electrons. The summed E-state index contributed by atoms with van der Waals surface area (Å²) in [5.41, 5.74) is 0. The van der Waals surface area contributed by atoms with Crippen LogP contribution in [0.3, 0.4) is 0 Å². The molecule has 3 nitrogen and oxygen atoms in total. The van der Waals surface area contributed by atoms with Crippen molar-refractivity contribution < 1.29 is 14.4 Å². The molecule has 0 aliphatic rings. The molecule has 0 aromatic heterocycles. The summed E-state index contributed by atoms with van der Waals surface area (Å²) >= 11 is 0. The monoisotopic (exact) mass is 153 g/mol. The van der Waals surface area contributed by atoms with E-state index in [1.54, 1.807) is 0 Å². The number of carbonyl (C=O) groups excluding carboxylic acids is 3. The fraction of sp³-hybridized carbons (Fsp3) is 0.375. The minimum atomic E-state index is -0.383. The molecule has 59 valence electrons. The van der Waals surface area contributed by atoms with Gasteiger partial charge in [0, 0.05) is 6.42 Å². The normalized spacial score (nSPS) is 8.73. The van der Waals surface area contributed by atoms with E-state index in [9.17, 15) is 14.4 Å². The Kier molecular flexibility index (Phi) is 4.90. The number of ketones is 2. The van der Waals surface area contributed by atoms with E-state index in [0.717, 1.165) is 0 Å². The lowest BCUT2D eigenvalue weighted by molar-refractivity contribution is -0.125. The lowest BCUT2D eigenvalue weighted by atomic mass is 10.1. The number of hydrogen-bond donors (Lipinski definition) is 0. The Morgan fingerprint density at radius 2 is 2.00 bits per heavy atom. The van der Waals surface area contributed by atoms with Gasteiger partial charge < -0.3 is 0 Å². The first kappa shape index (κ1) is 9.75. The van der Waals surface area contributed by atoms with Gasteiger partial charge in [-0.15, -0.1) is 6.58 Å². The predicted molar refractivity (Wildman–Crippen MR) is 39.8 cm³/mol. The largest absolute Gasteiger partial charge is 0.299 e. The average molecular weight is 153 g/mol. The number of hydrogen-bond acceptors (Lipinski definition) is 3. The molecule has 0 bridgehead atoms. The van der Waals surface area contributed by atoms with E-state index in [1.165, 1.54) is 12.4 Å². The molecular formula is C8H9O3. The molecule has 0 fully saturated rings. The van der Waals surface area contributed by atoms with Crippen molar-refractivity contribution in [2.75, 3.05) is 0 Å². The Morgan fingerprint density at radius 3 is 2.45 bits per heavy atom. The molecule has 0 aliphatic carbocycles. The summed E-state index contributed by atoms with van der Waals surface area (Å²) < 4.78 is 0. The minimum absolute atomic E-state index is 0.179. The Balaban J connectivity index is 3.65. The maximum atomic E-state index is 10.7. The van der Waals surface area contributed by atoms with Crippen LogP contribution in [0, 0.1) is 0 Å². The van der Waals surface area contributed by atoms with Gasteiger partial charge in [0.2, 0.25) is 6.29 Å². The topological polar surface area (TPSA) is 51.2 Å². The van der Waals surface area contributed by atoms with Crippen molar-refractivity contribution in [3.05, 3.63) is 12.7 Å². The van der Waals surface area contributed by atoms with E-state index in [-0.39, 0.29) is 30.8 Å². The first-order valence-corrected chi connectivity index (χ1v) is 3.20. The molecule has 0 heterocycles. The number of Topliss-reactive ketones (excluding diaryl/α,β-unsaturated/α-hetero) is 2. The molecule has 0 saturated carbocycles. The quantitative estimate of drug-likeness (QED) is 0.414. The smallest absolute Gasteiger partial charge is 0.206 e. The van der Waals surface area contributed by atoms with Gasteiger partial charge >= 0.3 is 0 Å². The highest BCUT2D eigenvalue weighted by molar-refractivity contribution is 6.03. The van der Waals surface area contributed by atoms with Crippen molar-refractivity contribution >= 4 is 17.9 Å². The standard InChI is InChI=1S/C8H9O3/c1-2-3-7(10)6-8(11)4-5-9/h2H,1,3-4,6H2. The van der Waals surface area contributed by atoms with Gasteiger partial charge in [0.25, 0.3) is 0 Å². The zero-order chi connectivity index (χ0) is 8.69. The van der Waals surface area contributed by atoms with Gasteiger partial charge in [0.15, 0.2) is 0 Å². The molecule has 0 rings (SSSR count). The fourth-order valence-electron chi connectivity index (χ4n) is 0.596. The summed E-state index contributed by atoms with van der Waals surface area (Å²) in [6.45, 7) is 3.34. The lowest BCUT2D eigenvalue weighted by Gasteiger charge is -1.91. The second-order valence-electron chi connectivity index (χ2n) is 2.07. The Hall–Kier alpha value is -1.25. The van der Waals surface area contributed by atoms with E-state index < -0.39 is 0 Å². The van der Waals surface area contributed by atoms with Crippen LogP contribution in [-0.4, -0.2) is 17.9 Å². The van der Waals surface area contributed by atoms with Gasteiger partial charge in [0.05, 0.1) is 12.8 Å². The second kappa shape index (κ2) is 5.53. The second-order valence-corrected chi connectivity index (χ2v) is 2.07.